The summed E-state index contributed by atoms with van der Waals surface area (Å²) >= 11 is 0. The fraction of sp³-hybridized carbons (Fsp3) is 0.240. The van der Waals surface area contributed by atoms with Gasteiger partial charge in [0.2, 0.25) is 0 Å². The molecule has 0 unspecified atom stereocenters. The summed E-state index contributed by atoms with van der Waals surface area (Å²) < 4.78 is 0. The molecule has 27 heavy (non-hydrogen) atoms. The van der Waals surface area contributed by atoms with Crippen LogP contribution in [0.2, 0.25) is 0 Å². The number of anilines is 1. The summed E-state index contributed by atoms with van der Waals surface area (Å²) in [5.74, 6) is 0.272. The predicted octanol–water partition coefficient (Wildman–Crippen LogP) is 6.04. The van der Waals surface area contributed by atoms with Crippen LogP contribution in [0.3, 0.4) is 0 Å². The lowest BCUT2D eigenvalue weighted by molar-refractivity contribution is -0.118. The Balaban J connectivity index is 1.82. The largest absolute Gasteiger partial charge is 0.358 e. The highest BCUT2D eigenvalue weighted by molar-refractivity contribution is 6.04. The van der Waals surface area contributed by atoms with Gasteiger partial charge in [-0.2, -0.15) is 0 Å². The second-order valence-corrected chi connectivity index (χ2v) is 8.55. The van der Waals surface area contributed by atoms with Gasteiger partial charge in [-0.25, -0.2) is 0 Å². The lowest BCUT2D eigenvalue weighted by atomic mass is 9.68. The Morgan fingerprint density at radius 1 is 0.889 bits per heavy atom. The summed E-state index contributed by atoms with van der Waals surface area (Å²) in [6, 6.07) is 23.3. The van der Waals surface area contributed by atoms with E-state index >= 15 is 0 Å². The first kappa shape index (κ1) is 16.3. The van der Waals surface area contributed by atoms with Crippen molar-refractivity contribution in [1.29, 1.82) is 0 Å². The van der Waals surface area contributed by atoms with Crippen molar-refractivity contribution >= 4 is 22.2 Å². The van der Waals surface area contributed by atoms with Crippen molar-refractivity contribution < 1.29 is 4.79 Å². The number of nitrogens with one attached hydrogen (secondary N) is 1. The van der Waals surface area contributed by atoms with Gasteiger partial charge in [0.15, 0.2) is 5.78 Å². The molecule has 1 N–H and O–H groups in total. The third kappa shape index (κ3) is 2.59. The van der Waals surface area contributed by atoms with Gasteiger partial charge in [-0.3, -0.25) is 4.79 Å². The number of carbonyl (C=O) groups excluding carboxylic acids is 1. The Hall–Kier alpha value is -2.87. The maximum atomic E-state index is 13.3. The van der Waals surface area contributed by atoms with Crippen LogP contribution in [0.15, 0.2) is 78.0 Å². The van der Waals surface area contributed by atoms with Crippen molar-refractivity contribution in [2.45, 2.75) is 32.6 Å². The number of Topliss-reactive ketones (excluding diaryl/α,β-unsaturated/α-hetero) is 1. The van der Waals surface area contributed by atoms with Crippen LogP contribution in [0, 0.1) is 5.41 Å². The molecule has 5 rings (SSSR count). The summed E-state index contributed by atoms with van der Waals surface area (Å²) in [5.41, 5.74) is 5.62. The zero-order chi connectivity index (χ0) is 18.6. The summed E-state index contributed by atoms with van der Waals surface area (Å²) in [6.45, 7) is 4.37. The molecule has 0 spiro atoms. The number of fused-ring (bicyclic) bond motifs is 3. The minimum atomic E-state index is -0.00727. The zero-order valence-corrected chi connectivity index (χ0v) is 15.8. The van der Waals surface area contributed by atoms with Crippen LogP contribution < -0.4 is 5.32 Å². The fourth-order valence-electron chi connectivity index (χ4n) is 4.78. The Morgan fingerprint density at radius 2 is 1.63 bits per heavy atom. The lowest BCUT2D eigenvalue weighted by Gasteiger charge is -2.40. The smallest absolute Gasteiger partial charge is 0.162 e. The number of hydrogen-bond acceptors (Lipinski definition) is 2. The van der Waals surface area contributed by atoms with Gasteiger partial charge >= 0.3 is 0 Å². The van der Waals surface area contributed by atoms with Crippen LogP contribution in [0.1, 0.15) is 43.7 Å². The van der Waals surface area contributed by atoms with E-state index in [9.17, 15) is 4.79 Å². The molecule has 2 heteroatoms. The maximum absolute atomic E-state index is 13.3. The van der Waals surface area contributed by atoms with Gasteiger partial charge in [-0.05, 0) is 39.8 Å². The monoisotopic (exact) mass is 353 g/mol. The Kier molecular flexibility index (Phi) is 3.51. The Labute approximate surface area is 159 Å². The molecule has 0 fully saturated rings. The predicted molar refractivity (Wildman–Crippen MR) is 111 cm³/mol. The van der Waals surface area contributed by atoms with E-state index in [2.05, 4.69) is 79.8 Å². The molecule has 1 atom stereocenters. The van der Waals surface area contributed by atoms with E-state index in [0.29, 0.717) is 6.42 Å². The molecule has 0 radical (unpaired) electrons. The standard InChI is InChI=1S/C25H23NO/c1-25(2)14-20-24(21(27)15-25)22(17-9-4-3-5-10-17)23-18-11-7-6-8-16(18)12-13-19(23)26-20/h3-13,22,26H,14-15H2,1-2H3/t22-/m1/s1. The van der Waals surface area contributed by atoms with E-state index in [1.54, 1.807) is 0 Å². The third-order valence-corrected chi connectivity index (χ3v) is 5.89. The molecule has 0 bridgehead atoms. The molecule has 0 aromatic heterocycles. The average molecular weight is 353 g/mol. The molecular weight excluding hydrogens is 330 g/mol. The van der Waals surface area contributed by atoms with Crippen molar-refractivity contribution in [3.63, 3.8) is 0 Å². The molecule has 0 saturated carbocycles. The van der Waals surface area contributed by atoms with Crippen LogP contribution in [-0.2, 0) is 4.79 Å². The average Bonchev–Trinajstić information content (AvgIpc) is 2.66. The maximum Gasteiger partial charge on any atom is 0.162 e. The minimum absolute atomic E-state index is 0.00148. The van der Waals surface area contributed by atoms with Crippen LogP contribution >= 0.6 is 0 Å². The fourth-order valence-corrected chi connectivity index (χ4v) is 4.78. The van der Waals surface area contributed by atoms with Crippen molar-refractivity contribution in [2.24, 2.45) is 5.41 Å². The van der Waals surface area contributed by atoms with Gasteiger partial charge in [0.25, 0.3) is 0 Å². The highest BCUT2D eigenvalue weighted by Gasteiger charge is 2.41. The van der Waals surface area contributed by atoms with Gasteiger partial charge in [-0.15, -0.1) is 0 Å². The second-order valence-electron chi connectivity index (χ2n) is 8.55. The molecule has 2 aliphatic rings. The minimum Gasteiger partial charge on any atom is -0.358 e. The summed E-state index contributed by atoms with van der Waals surface area (Å²) in [4.78, 5) is 13.3. The molecule has 2 nitrogen and oxygen atoms in total. The second kappa shape index (κ2) is 5.82. The summed E-state index contributed by atoms with van der Waals surface area (Å²) in [7, 11) is 0. The third-order valence-electron chi connectivity index (χ3n) is 5.89. The highest BCUT2D eigenvalue weighted by atomic mass is 16.1. The van der Waals surface area contributed by atoms with E-state index in [-0.39, 0.29) is 17.1 Å². The van der Waals surface area contributed by atoms with Crippen molar-refractivity contribution in [3.8, 4) is 0 Å². The number of rotatable bonds is 1. The zero-order valence-electron chi connectivity index (χ0n) is 15.8. The highest BCUT2D eigenvalue weighted by Crippen LogP contribution is 2.50. The molecular formula is C25H23NO. The van der Waals surface area contributed by atoms with Crippen molar-refractivity contribution in [2.75, 3.05) is 5.32 Å². The van der Waals surface area contributed by atoms with E-state index < -0.39 is 0 Å². The number of ketones is 1. The van der Waals surface area contributed by atoms with E-state index in [4.69, 9.17) is 0 Å². The lowest BCUT2D eigenvalue weighted by Crippen LogP contribution is -2.33. The topological polar surface area (TPSA) is 29.1 Å². The van der Waals surface area contributed by atoms with Gasteiger partial charge in [0, 0.05) is 29.3 Å². The Morgan fingerprint density at radius 3 is 2.44 bits per heavy atom. The SMILES string of the molecule is CC1(C)CC(=O)C2=C(C1)Nc1ccc3ccccc3c1[C@H]2c1ccccc1. The number of allylic oxidation sites excluding steroid dienone is 2. The molecule has 1 aliphatic heterocycles. The number of hydrogen-bond donors (Lipinski definition) is 1. The van der Waals surface area contributed by atoms with Crippen molar-refractivity contribution in [3.05, 3.63) is 89.1 Å². The molecule has 0 saturated heterocycles. The summed E-state index contributed by atoms with van der Waals surface area (Å²) in [5, 5.41) is 6.07. The van der Waals surface area contributed by atoms with Crippen LogP contribution in [0.5, 0.6) is 0 Å². The van der Waals surface area contributed by atoms with E-state index in [1.807, 2.05) is 6.07 Å². The molecule has 1 heterocycles. The molecule has 3 aromatic carbocycles. The number of carbonyl (C=O) groups is 1. The quantitative estimate of drug-likeness (QED) is 0.578. The molecule has 3 aromatic rings. The first-order chi connectivity index (χ1) is 13.0. The molecule has 0 amide bonds. The van der Waals surface area contributed by atoms with Gasteiger partial charge in [-0.1, -0.05) is 74.5 Å². The number of benzene rings is 3. The Bertz CT molecular complexity index is 1090. The van der Waals surface area contributed by atoms with Gasteiger partial charge in [0.05, 0.1) is 0 Å². The van der Waals surface area contributed by atoms with Crippen LogP contribution in [-0.4, -0.2) is 5.78 Å². The molecule has 1 aliphatic carbocycles. The van der Waals surface area contributed by atoms with Crippen LogP contribution in [0.25, 0.3) is 10.8 Å². The van der Waals surface area contributed by atoms with E-state index in [1.165, 1.54) is 21.9 Å². The van der Waals surface area contributed by atoms with Gasteiger partial charge < -0.3 is 5.32 Å². The summed E-state index contributed by atoms with van der Waals surface area (Å²) in [6.07, 6.45) is 1.51. The van der Waals surface area contributed by atoms with Crippen molar-refractivity contribution in [1.82, 2.24) is 0 Å². The first-order valence-electron chi connectivity index (χ1n) is 9.63. The van der Waals surface area contributed by atoms with E-state index in [0.717, 1.165) is 23.4 Å². The first-order valence-corrected chi connectivity index (χ1v) is 9.63. The molecule has 134 valence electrons. The normalized spacial score (nSPS) is 20.8. The van der Waals surface area contributed by atoms with Gasteiger partial charge in [0.1, 0.15) is 0 Å². The van der Waals surface area contributed by atoms with Crippen LogP contribution in [0.4, 0.5) is 5.69 Å².